The van der Waals surface area contributed by atoms with Gasteiger partial charge in [0.15, 0.2) is 0 Å². The summed E-state index contributed by atoms with van der Waals surface area (Å²) in [7, 11) is 0. The van der Waals surface area contributed by atoms with Crippen molar-refractivity contribution in [1.82, 2.24) is 4.98 Å². The van der Waals surface area contributed by atoms with Gasteiger partial charge in [-0.2, -0.15) is 0 Å². The summed E-state index contributed by atoms with van der Waals surface area (Å²) in [6.07, 6.45) is 2.10. The zero-order valence-electron chi connectivity index (χ0n) is 14.9. The number of hydrogen-bond donors (Lipinski definition) is 3. The van der Waals surface area contributed by atoms with Gasteiger partial charge in [-0.25, -0.2) is 4.98 Å². The molecule has 27 heavy (non-hydrogen) atoms. The smallest absolute Gasteiger partial charge is 0.255 e. The van der Waals surface area contributed by atoms with Crippen LogP contribution in [0.15, 0.2) is 40.9 Å². The van der Waals surface area contributed by atoms with Gasteiger partial charge in [0.2, 0.25) is 0 Å². The second-order valence-corrected chi connectivity index (χ2v) is 8.27. The number of rotatable bonds is 7. The van der Waals surface area contributed by atoms with Crippen LogP contribution in [0.4, 0.5) is 5.69 Å². The molecule has 3 rings (SSSR count). The zero-order valence-corrected chi connectivity index (χ0v) is 17.3. The molecule has 0 spiro atoms. The van der Waals surface area contributed by atoms with Crippen LogP contribution in [0.2, 0.25) is 0 Å². The molecule has 1 heterocycles. The second-order valence-electron chi connectivity index (χ2n) is 6.23. The highest BCUT2D eigenvalue weighted by atomic mass is 79.9. The van der Waals surface area contributed by atoms with E-state index in [1.54, 1.807) is 12.1 Å². The van der Waals surface area contributed by atoms with Crippen molar-refractivity contribution in [3.8, 4) is 0 Å². The van der Waals surface area contributed by atoms with E-state index in [-0.39, 0.29) is 12.5 Å². The Morgan fingerprint density at radius 1 is 1.30 bits per heavy atom. The number of aliphatic hydroxyl groups is 1. The molecule has 1 amide bonds. The number of halogens is 1. The average Bonchev–Trinajstić information content (AvgIpc) is 3.04. The highest BCUT2D eigenvalue weighted by molar-refractivity contribution is 9.10. The molecule has 0 atom stereocenters. The van der Waals surface area contributed by atoms with Gasteiger partial charge in [-0.3, -0.25) is 4.79 Å². The van der Waals surface area contributed by atoms with Crippen molar-refractivity contribution >= 4 is 54.8 Å². The predicted molar refractivity (Wildman–Crippen MR) is 114 cm³/mol. The van der Waals surface area contributed by atoms with E-state index in [1.807, 2.05) is 31.2 Å². The minimum Gasteiger partial charge on any atom is -0.389 e. The Bertz CT molecular complexity index is 1000. The van der Waals surface area contributed by atoms with Gasteiger partial charge in [0, 0.05) is 27.9 Å². The number of benzene rings is 2. The number of anilines is 1. The van der Waals surface area contributed by atoms with Crippen LogP contribution in [-0.4, -0.2) is 21.7 Å². The molecule has 0 saturated heterocycles. The number of aromatic nitrogens is 1. The third-order valence-corrected chi connectivity index (χ3v) is 5.61. The van der Waals surface area contributed by atoms with Crippen LogP contribution in [0.1, 0.15) is 40.7 Å². The van der Waals surface area contributed by atoms with Gasteiger partial charge in [-0.1, -0.05) is 29.3 Å². The number of nitrogens with one attached hydrogen (secondary N) is 2. The van der Waals surface area contributed by atoms with E-state index in [9.17, 15) is 9.90 Å². The lowest BCUT2D eigenvalue weighted by Crippen LogP contribution is -2.16. The Hall–Kier alpha value is -2.09. The SMILES string of the molecule is CCCC(=N)Cc1cc(Br)ccc1C(=O)Nc1ccc2sc(CO)nc2c1. The van der Waals surface area contributed by atoms with Gasteiger partial charge >= 0.3 is 0 Å². The molecule has 0 aliphatic heterocycles. The lowest BCUT2D eigenvalue weighted by molar-refractivity contribution is 0.102. The van der Waals surface area contributed by atoms with E-state index in [2.05, 4.69) is 26.2 Å². The maximum atomic E-state index is 12.8. The average molecular weight is 446 g/mol. The number of amides is 1. The summed E-state index contributed by atoms with van der Waals surface area (Å²) in [6.45, 7) is 1.95. The van der Waals surface area contributed by atoms with Crippen LogP contribution in [0.5, 0.6) is 0 Å². The summed E-state index contributed by atoms with van der Waals surface area (Å²) in [5, 5.41) is 20.9. The first-order chi connectivity index (χ1) is 13.0. The quantitative estimate of drug-likeness (QED) is 0.438. The predicted octanol–water partition coefficient (Wildman–Crippen LogP) is 5.17. The summed E-state index contributed by atoms with van der Waals surface area (Å²) in [5.41, 5.74) is 3.42. The normalized spacial score (nSPS) is 10.9. The molecule has 0 saturated carbocycles. The minimum absolute atomic E-state index is 0.0903. The third kappa shape index (κ3) is 4.80. The fraction of sp³-hybridized carbons (Fsp3) is 0.250. The number of hydrogen-bond acceptors (Lipinski definition) is 5. The van der Waals surface area contributed by atoms with E-state index in [4.69, 9.17) is 5.41 Å². The van der Waals surface area contributed by atoms with Gasteiger partial charge in [0.05, 0.1) is 16.8 Å². The largest absolute Gasteiger partial charge is 0.389 e. The van der Waals surface area contributed by atoms with Crippen LogP contribution < -0.4 is 5.32 Å². The number of thiazole rings is 1. The molecule has 0 aliphatic carbocycles. The molecule has 3 aromatic rings. The Labute approximate surface area is 170 Å². The number of fused-ring (bicyclic) bond motifs is 1. The number of nitrogens with zero attached hydrogens (tertiary/aromatic N) is 1. The van der Waals surface area contributed by atoms with Crippen LogP contribution in [0.25, 0.3) is 10.2 Å². The van der Waals surface area contributed by atoms with E-state index < -0.39 is 0 Å². The lowest BCUT2D eigenvalue weighted by atomic mass is 9.99. The monoisotopic (exact) mass is 445 g/mol. The molecule has 3 N–H and O–H groups in total. The van der Waals surface area contributed by atoms with Crippen molar-refractivity contribution in [2.24, 2.45) is 0 Å². The Morgan fingerprint density at radius 2 is 2.11 bits per heavy atom. The molecule has 140 valence electrons. The fourth-order valence-corrected chi connectivity index (χ4v) is 4.09. The van der Waals surface area contributed by atoms with Gasteiger partial charge in [0.25, 0.3) is 5.91 Å². The summed E-state index contributed by atoms with van der Waals surface area (Å²) >= 11 is 4.88. The molecule has 0 bridgehead atoms. The second kappa shape index (κ2) is 8.73. The van der Waals surface area contributed by atoms with Crippen LogP contribution in [0, 0.1) is 5.41 Å². The maximum Gasteiger partial charge on any atom is 0.255 e. The fourth-order valence-electron chi connectivity index (χ4n) is 2.87. The zero-order chi connectivity index (χ0) is 19.4. The Kier molecular flexibility index (Phi) is 6.36. The van der Waals surface area contributed by atoms with Crippen molar-refractivity contribution in [1.29, 1.82) is 5.41 Å². The van der Waals surface area contributed by atoms with Crippen LogP contribution in [-0.2, 0) is 13.0 Å². The Morgan fingerprint density at radius 3 is 2.85 bits per heavy atom. The molecule has 0 radical (unpaired) electrons. The summed E-state index contributed by atoms with van der Waals surface area (Å²) in [6, 6.07) is 11.0. The lowest BCUT2D eigenvalue weighted by Gasteiger charge is -2.11. The van der Waals surface area contributed by atoms with E-state index in [1.165, 1.54) is 11.3 Å². The van der Waals surface area contributed by atoms with Crippen molar-refractivity contribution in [3.63, 3.8) is 0 Å². The van der Waals surface area contributed by atoms with Crippen molar-refractivity contribution < 1.29 is 9.90 Å². The molecule has 7 heteroatoms. The minimum atomic E-state index is -0.209. The molecular weight excluding hydrogens is 426 g/mol. The van der Waals surface area contributed by atoms with Crippen molar-refractivity contribution in [2.45, 2.75) is 32.8 Å². The highest BCUT2D eigenvalue weighted by Gasteiger charge is 2.14. The summed E-state index contributed by atoms with van der Waals surface area (Å²) < 4.78 is 1.85. The number of carbonyl (C=O) groups is 1. The molecule has 0 fully saturated rings. The first-order valence-corrected chi connectivity index (χ1v) is 10.3. The molecule has 0 unspecified atom stereocenters. The van der Waals surface area contributed by atoms with E-state index >= 15 is 0 Å². The third-order valence-electron chi connectivity index (χ3n) is 4.09. The van der Waals surface area contributed by atoms with Gasteiger partial charge in [0.1, 0.15) is 5.01 Å². The standard InChI is InChI=1S/C20H20BrN3O2S/c1-2-3-14(22)9-12-8-13(21)4-6-16(12)20(26)23-15-5-7-18-17(10-15)24-19(11-25)27-18/h4-8,10,22,25H,2-3,9,11H2,1H3,(H,23,26). The van der Waals surface area contributed by atoms with E-state index in [0.717, 1.165) is 33.1 Å². The molecular formula is C20H20BrN3O2S. The molecule has 2 aromatic carbocycles. The van der Waals surface area contributed by atoms with Gasteiger partial charge < -0.3 is 15.8 Å². The van der Waals surface area contributed by atoms with Crippen molar-refractivity contribution in [2.75, 3.05) is 5.32 Å². The highest BCUT2D eigenvalue weighted by Crippen LogP contribution is 2.26. The summed E-state index contributed by atoms with van der Waals surface area (Å²) in [4.78, 5) is 17.2. The topological polar surface area (TPSA) is 86.1 Å². The molecule has 0 aliphatic rings. The number of aliphatic hydroxyl groups excluding tert-OH is 1. The van der Waals surface area contributed by atoms with E-state index in [0.29, 0.717) is 28.4 Å². The van der Waals surface area contributed by atoms with Gasteiger partial charge in [-0.05, 0) is 48.4 Å². The van der Waals surface area contributed by atoms with Gasteiger partial charge in [-0.15, -0.1) is 11.3 Å². The van der Waals surface area contributed by atoms with Crippen LogP contribution >= 0.6 is 27.3 Å². The molecule has 1 aromatic heterocycles. The first-order valence-electron chi connectivity index (χ1n) is 8.66. The molecule has 5 nitrogen and oxygen atoms in total. The maximum absolute atomic E-state index is 12.8. The number of carbonyl (C=O) groups excluding carboxylic acids is 1. The Balaban J connectivity index is 1.84. The van der Waals surface area contributed by atoms with Crippen molar-refractivity contribution in [3.05, 3.63) is 57.0 Å². The van der Waals surface area contributed by atoms with Crippen LogP contribution in [0.3, 0.4) is 0 Å². The summed E-state index contributed by atoms with van der Waals surface area (Å²) in [5.74, 6) is -0.209. The first kappa shape index (κ1) is 19.7.